The minimum absolute atomic E-state index is 0.387. The third-order valence-electron chi connectivity index (χ3n) is 2.98. The van der Waals surface area contributed by atoms with E-state index in [1.165, 1.54) is 0 Å². The second-order valence-corrected chi connectivity index (χ2v) is 5.41. The van der Waals surface area contributed by atoms with Crippen LogP contribution in [0.5, 0.6) is 11.5 Å². The lowest BCUT2D eigenvalue weighted by atomic mass is 10.0. The molecule has 0 fully saturated rings. The van der Waals surface area contributed by atoms with Crippen LogP contribution in [0.4, 0.5) is 0 Å². The Balaban J connectivity index is 3.00. The zero-order valence-electron chi connectivity index (χ0n) is 12.7. The number of hydrogen-bond donors (Lipinski definition) is 0. The van der Waals surface area contributed by atoms with Crippen LogP contribution < -0.4 is 9.47 Å². The highest BCUT2D eigenvalue weighted by Crippen LogP contribution is 2.34. The molecule has 112 valence electrons. The smallest absolute Gasteiger partial charge is 0.141 e. The van der Waals surface area contributed by atoms with Crippen molar-refractivity contribution in [1.29, 1.82) is 0 Å². The Morgan fingerprint density at radius 3 is 2.30 bits per heavy atom. The fourth-order valence-electron chi connectivity index (χ4n) is 1.83. The lowest BCUT2D eigenvalue weighted by Gasteiger charge is -2.16. The van der Waals surface area contributed by atoms with Gasteiger partial charge in [-0.25, -0.2) is 0 Å². The van der Waals surface area contributed by atoms with E-state index in [1.807, 2.05) is 18.2 Å². The van der Waals surface area contributed by atoms with E-state index in [4.69, 9.17) is 21.1 Å². The molecule has 0 saturated carbocycles. The molecule has 1 unspecified atom stereocenters. The predicted octanol–water partition coefficient (Wildman–Crippen LogP) is 5.28. The topological polar surface area (TPSA) is 18.5 Å². The Bertz CT molecular complexity index is 429. The summed E-state index contributed by atoms with van der Waals surface area (Å²) in [6.45, 7) is 11.5. The highest BCUT2D eigenvalue weighted by atomic mass is 35.5. The summed E-state index contributed by atoms with van der Waals surface area (Å²) >= 11 is 6.29. The molecule has 20 heavy (non-hydrogen) atoms. The average Bonchev–Trinajstić information content (AvgIpc) is 2.45. The monoisotopic (exact) mass is 296 g/mol. The van der Waals surface area contributed by atoms with Crippen molar-refractivity contribution in [2.45, 2.75) is 40.0 Å². The summed E-state index contributed by atoms with van der Waals surface area (Å²) in [5, 5.41) is 0.647. The van der Waals surface area contributed by atoms with Crippen molar-refractivity contribution in [2.75, 3.05) is 13.2 Å². The summed E-state index contributed by atoms with van der Waals surface area (Å²) in [4.78, 5) is 0. The molecule has 1 rings (SSSR count). The van der Waals surface area contributed by atoms with E-state index >= 15 is 0 Å². The van der Waals surface area contributed by atoms with Crippen LogP contribution in [0, 0.1) is 5.92 Å². The largest absolute Gasteiger partial charge is 0.493 e. The minimum Gasteiger partial charge on any atom is -0.493 e. The second kappa shape index (κ2) is 8.91. The molecule has 2 nitrogen and oxygen atoms in total. The van der Waals surface area contributed by atoms with Crippen LogP contribution in [0.3, 0.4) is 0 Å². The molecule has 0 aromatic heterocycles. The highest BCUT2D eigenvalue weighted by molar-refractivity contribution is 6.32. The molecule has 0 spiro atoms. The maximum atomic E-state index is 6.29. The molecule has 0 amide bonds. The molecule has 3 heteroatoms. The van der Waals surface area contributed by atoms with Gasteiger partial charge in [-0.15, -0.1) is 6.58 Å². The number of benzene rings is 1. The number of allylic oxidation sites excluding steroid dienone is 1. The number of ether oxygens (including phenoxy) is 2. The van der Waals surface area contributed by atoms with Crippen molar-refractivity contribution in [2.24, 2.45) is 5.92 Å². The maximum absolute atomic E-state index is 6.29. The standard InChI is InChI=1S/C17H25ClO2/c1-5-8-19-16-12-17(20-9-6-2)15(18)11-14(16)10-13(4)7-3/h7,11-13H,3,5-6,8-10H2,1-2,4H3. The molecule has 0 aliphatic heterocycles. The molecule has 1 aromatic carbocycles. The number of rotatable bonds is 9. The summed E-state index contributed by atoms with van der Waals surface area (Å²) < 4.78 is 11.5. The van der Waals surface area contributed by atoms with Crippen LogP contribution in [0.25, 0.3) is 0 Å². The summed E-state index contributed by atoms with van der Waals surface area (Å²) in [6, 6.07) is 3.87. The summed E-state index contributed by atoms with van der Waals surface area (Å²) in [6.07, 6.45) is 4.75. The second-order valence-electron chi connectivity index (χ2n) is 5.00. The van der Waals surface area contributed by atoms with Gasteiger partial charge < -0.3 is 9.47 Å². The third-order valence-corrected chi connectivity index (χ3v) is 3.28. The van der Waals surface area contributed by atoms with E-state index < -0.39 is 0 Å². The van der Waals surface area contributed by atoms with Gasteiger partial charge in [-0.2, -0.15) is 0 Å². The molecule has 0 aliphatic rings. The Kier molecular flexibility index (Phi) is 7.53. The Labute approximate surface area is 127 Å². The van der Waals surface area contributed by atoms with E-state index in [2.05, 4.69) is 27.4 Å². The first kappa shape index (κ1) is 16.9. The van der Waals surface area contributed by atoms with Crippen molar-refractivity contribution in [3.63, 3.8) is 0 Å². The Morgan fingerprint density at radius 2 is 1.75 bits per heavy atom. The van der Waals surface area contributed by atoms with E-state index in [9.17, 15) is 0 Å². The molecule has 0 bridgehead atoms. The molecule has 0 heterocycles. The molecule has 0 saturated heterocycles. The number of halogens is 1. The van der Waals surface area contributed by atoms with Crippen LogP contribution >= 0.6 is 11.6 Å². The van der Waals surface area contributed by atoms with Gasteiger partial charge in [0.05, 0.1) is 18.2 Å². The first-order valence-corrected chi connectivity index (χ1v) is 7.70. The van der Waals surface area contributed by atoms with Crippen LogP contribution in [-0.2, 0) is 6.42 Å². The Morgan fingerprint density at radius 1 is 1.15 bits per heavy atom. The van der Waals surface area contributed by atoms with Gasteiger partial charge in [-0.05, 0) is 36.8 Å². The highest BCUT2D eigenvalue weighted by Gasteiger charge is 2.12. The zero-order chi connectivity index (χ0) is 15.0. The molecule has 0 aliphatic carbocycles. The maximum Gasteiger partial charge on any atom is 0.141 e. The quantitative estimate of drug-likeness (QED) is 0.577. The van der Waals surface area contributed by atoms with Crippen molar-refractivity contribution >= 4 is 11.6 Å². The molecule has 0 radical (unpaired) electrons. The van der Waals surface area contributed by atoms with E-state index in [1.54, 1.807) is 0 Å². The summed E-state index contributed by atoms with van der Waals surface area (Å²) in [7, 11) is 0. The first-order valence-electron chi connectivity index (χ1n) is 7.32. The molecular formula is C17H25ClO2. The Hall–Kier alpha value is -1.15. The first-order chi connectivity index (χ1) is 9.62. The molecule has 1 aromatic rings. The van der Waals surface area contributed by atoms with Crippen molar-refractivity contribution in [1.82, 2.24) is 0 Å². The predicted molar refractivity (Wildman–Crippen MR) is 86.1 cm³/mol. The van der Waals surface area contributed by atoms with Gasteiger partial charge in [-0.1, -0.05) is 38.4 Å². The normalized spacial score (nSPS) is 12.0. The van der Waals surface area contributed by atoms with E-state index in [0.717, 1.165) is 30.6 Å². The van der Waals surface area contributed by atoms with Crippen LogP contribution in [0.15, 0.2) is 24.8 Å². The van der Waals surface area contributed by atoms with E-state index in [-0.39, 0.29) is 0 Å². The SMILES string of the molecule is C=CC(C)Cc1cc(Cl)c(OCCC)cc1OCCC. The molecular weight excluding hydrogens is 272 g/mol. The molecule has 1 atom stereocenters. The average molecular weight is 297 g/mol. The van der Waals surface area contributed by atoms with Gasteiger partial charge in [0.2, 0.25) is 0 Å². The lowest BCUT2D eigenvalue weighted by Crippen LogP contribution is -2.04. The van der Waals surface area contributed by atoms with Crippen LogP contribution in [-0.4, -0.2) is 13.2 Å². The van der Waals surface area contributed by atoms with Crippen molar-refractivity contribution in [3.8, 4) is 11.5 Å². The number of hydrogen-bond acceptors (Lipinski definition) is 2. The van der Waals surface area contributed by atoms with Gasteiger partial charge in [0.1, 0.15) is 11.5 Å². The van der Waals surface area contributed by atoms with E-state index in [0.29, 0.717) is 29.9 Å². The van der Waals surface area contributed by atoms with Crippen LogP contribution in [0.2, 0.25) is 5.02 Å². The van der Waals surface area contributed by atoms with Gasteiger partial charge in [0.25, 0.3) is 0 Å². The van der Waals surface area contributed by atoms with Gasteiger partial charge >= 0.3 is 0 Å². The fourth-order valence-corrected chi connectivity index (χ4v) is 2.08. The fraction of sp³-hybridized carbons (Fsp3) is 0.529. The zero-order valence-corrected chi connectivity index (χ0v) is 13.5. The van der Waals surface area contributed by atoms with Crippen molar-refractivity contribution in [3.05, 3.63) is 35.4 Å². The lowest BCUT2D eigenvalue weighted by molar-refractivity contribution is 0.299. The summed E-state index contributed by atoms with van der Waals surface area (Å²) in [5.74, 6) is 1.96. The minimum atomic E-state index is 0.387. The van der Waals surface area contributed by atoms with Gasteiger partial charge in [-0.3, -0.25) is 0 Å². The summed E-state index contributed by atoms with van der Waals surface area (Å²) in [5.41, 5.74) is 1.11. The van der Waals surface area contributed by atoms with Crippen molar-refractivity contribution < 1.29 is 9.47 Å². The van der Waals surface area contributed by atoms with Gasteiger partial charge in [0.15, 0.2) is 0 Å². The van der Waals surface area contributed by atoms with Gasteiger partial charge in [0, 0.05) is 6.07 Å². The molecule has 0 N–H and O–H groups in total. The van der Waals surface area contributed by atoms with Crippen LogP contribution in [0.1, 0.15) is 39.2 Å². The third kappa shape index (κ3) is 5.09.